The van der Waals surface area contributed by atoms with Crippen LogP contribution in [0, 0.1) is 5.82 Å². The van der Waals surface area contributed by atoms with E-state index in [0.29, 0.717) is 12.1 Å². The van der Waals surface area contributed by atoms with E-state index in [1.54, 1.807) is 0 Å². The highest BCUT2D eigenvalue weighted by atomic mass is 35.5. The van der Waals surface area contributed by atoms with Crippen LogP contribution in [0.3, 0.4) is 0 Å². The Balaban J connectivity index is 1.95. The minimum atomic E-state index is -4.70. The van der Waals surface area contributed by atoms with E-state index in [-0.39, 0.29) is 27.6 Å². The summed E-state index contributed by atoms with van der Waals surface area (Å²) in [6.07, 6.45) is -4.70. The maximum absolute atomic E-state index is 13.2. The number of halogens is 5. The van der Waals surface area contributed by atoms with Crippen molar-refractivity contribution in [3.63, 3.8) is 0 Å². The number of rotatable bonds is 5. The standard InChI is InChI=1S/C21H12ClF4NO4/c22-16-10-13(23)4-8-17(16)31-18-9-12(21(24,25)26)3-7-15(18)19(28)27-14-5-1-11(2-6-14)20(29)30/h1-10H,(H,27,28)(H,29,30). The summed E-state index contributed by atoms with van der Waals surface area (Å²) in [5.41, 5.74) is -1.12. The molecule has 0 bridgehead atoms. The number of carbonyl (C=O) groups is 2. The normalized spacial score (nSPS) is 11.1. The molecule has 0 aliphatic heterocycles. The first kappa shape index (κ1) is 22.1. The van der Waals surface area contributed by atoms with Crippen molar-refractivity contribution in [1.82, 2.24) is 0 Å². The number of aromatic carboxylic acids is 1. The summed E-state index contributed by atoms with van der Waals surface area (Å²) < 4.78 is 58.1. The molecular formula is C21H12ClF4NO4. The van der Waals surface area contributed by atoms with Gasteiger partial charge >= 0.3 is 12.1 Å². The van der Waals surface area contributed by atoms with Crippen LogP contribution >= 0.6 is 11.6 Å². The van der Waals surface area contributed by atoms with E-state index < -0.39 is 35.2 Å². The molecule has 0 heterocycles. The molecule has 3 aromatic rings. The first-order valence-electron chi connectivity index (χ1n) is 8.53. The van der Waals surface area contributed by atoms with Crippen LogP contribution < -0.4 is 10.1 Å². The topological polar surface area (TPSA) is 75.6 Å². The first-order valence-corrected chi connectivity index (χ1v) is 8.91. The van der Waals surface area contributed by atoms with Gasteiger partial charge in [0.15, 0.2) is 0 Å². The molecule has 0 saturated carbocycles. The lowest BCUT2D eigenvalue weighted by Crippen LogP contribution is -2.14. The van der Waals surface area contributed by atoms with Crippen molar-refractivity contribution >= 4 is 29.2 Å². The second-order valence-electron chi connectivity index (χ2n) is 6.22. The molecule has 0 aromatic heterocycles. The Kier molecular flexibility index (Phi) is 6.16. The third-order valence-electron chi connectivity index (χ3n) is 4.06. The van der Waals surface area contributed by atoms with Crippen molar-refractivity contribution in [3.8, 4) is 11.5 Å². The molecule has 3 aromatic carbocycles. The van der Waals surface area contributed by atoms with Gasteiger partial charge in [-0.15, -0.1) is 0 Å². The number of hydrogen-bond acceptors (Lipinski definition) is 3. The summed E-state index contributed by atoms with van der Waals surface area (Å²) in [6.45, 7) is 0. The van der Waals surface area contributed by atoms with Crippen LogP contribution in [0.15, 0.2) is 60.7 Å². The van der Waals surface area contributed by atoms with Gasteiger partial charge in [0.05, 0.1) is 21.7 Å². The van der Waals surface area contributed by atoms with Crippen molar-refractivity contribution in [2.45, 2.75) is 6.18 Å². The monoisotopic (exact) mass is 453 g/mol. The Morgan fingerprint density at radius 3 is 2.19 bits per heavy atom. The van der Waals surface area contributed by atoms with Crippen LogP contribution in [0.25, 0.3) is 0 Å². The lowest BCUT2D eigenvalue weighted by molar-refractivity contribution is -0.137. The van der Waals surface area contributed by atoms with E-state index in [4.69, 9.17) is 21.4 Å². The van der Waals surface area contributed by atoms with Crippen LogP contribution in [0.5, 0.6) is 11.5 Å². The molecule has 2 N–H and O–H groups in total. The number of anilines is 1. The Labute approximate surface area is 177 Å². The number of amides is 1. The third-order valence-corrected chi connectivity index (χ3v) is 4.35. The molecule has 0 atom stereocenters. The van der Waals surface area contributed by atoms with Gasteiger partial charge in [-0.3, -0.25) is 4.79 Å². The lowest BCUT2D eigenvalue weighted by Gasteiger charge is -2.15. The van der Waals surface area contributed by atoms with Gasteiger partial charge in [0.1, 0.15) is 17.3 Å². The van der Waals surface area contributed by atoms with Gasteiger partial charge in [-0.2, -0.15) is 13.2 Å². The van der Waals surface area contributed by atoms with Crippen LogP contribution in [0.1, 0.15) is 26.3 Å². The van der Waals surface area contributed by atoms with Crippen molar-refractivity contribution in [2.24, 2.45) is 0 Å². The molecule has 0 aliphatic carbocycles. The molecule has 0 aliphatic rings. The molecule has 0 fully saturated rings. The average Bonchev–Trinajstić information content (AvgIpc) is 2.69. The van der Waals surface area contributed by atoms with Crippen LogP contribution in [-0.4, -0.2) is 17.0 Å². The SMILES string of the molecule is O=C(O)c1ccc(NC(=O)c2ccc(C(F)(F)F)cc2Oc2ccc(F)cc2Cl)cc1. The van der Waals surface area contributed by atoms with E-state index in [1.807, 2.05) is 0 Å². The van der Waals surface area contributed by atoms with E-state index >= 15 is 0 Å². The van der Waals surface area contributed by atoms with E-state index in [0.717, 1.165) is 24.3 Å². The van der Waals surface area contributed by atoms with E-state index in [2.05, 4.69) is 5.32 Å². The average molecular weight is 454 g/mol. The van der Waals surface area contributed by atoms with Gasteiger partial charge in [0, 0.05) is 5.69 Å². The summed E-state index contributed by atoms with van der Waals surface area (Å²) in [4.78, 5) is 23.6. The lowest BCUT2D eigenvalue weighted by atomic mass is 10.1. The van der Waals surface area contributed by atoms with Crippen molar-refractivity contribution < 1.29 is 37.0 Å². The summed E-state index contributed by atoms with van der Waals surface area (Å²) in [7, 11) is 0. The largest absolute Gasteiger partial charge is 0.478 e. The third kappa shape index (κ3) is 5.32. The summed E-state index contributed by atoms with van der Waals surface area (Å²) in [5.74, 6) is -3.26. The molecule has 3 rings (SSSR count). The van der Waals surface area contributed by atoms with Crippen molar-refractivity contribution in [3.05, 3.63) is 88.2 Å². The molecule has 1 amide bonds. The summed E-state index contributed by atoms with van der Waals surface area (Å²) >= 11 is 5.88. The smallest absolute Gasteiger partial charge is 0.416 e. The molecule has 160 valence electrons. The second-order valence-corrected chi connectivity index (χ2v) is 6.63. The summed E-state index contributed by atoms with van der Waals surface area (Å²) in [5, 5.41) is 11.2. The molecule has 31 heavy (non-hydrogen) atoms. The first-order chi connectivity index (χ1) is 14.5. The minimum absolute atomic E-state index is 0.0116. The van der Waals surface area contributed by atoms with Crippen molar-refractivity contribution in [2.75, 3.05) is 5.32 Å². The highest BCUT2D eigenvalue weighted by Gasteiger charge is 2.32. The maximum atomic E-state index is 13.2. The molecule has 5 nitrogen and oxygen atoms in total. The zero-order valence-electron chi connectivity index (χ0n) is 15.3. The van der Waals surface area contributed by atoms with Crippen LogP contribution in [0.2, 0.25) is 5.02 Å². The second kappa shape index (κ2) is 8.65. The predicted molar refractivity (Wildman–Crippen MR) is 104 cm³/mol. The Bertz CT molecular complexity index is 1150. The fourth-order valence-corrected chi connectivity index (χ4v) is 2.75. The minimum Gasteiger partial charge on any atom is -0.478 e. The Morgan fingerprint density at radius 2 is 1.61 bits per heavy atom. The number of nitrogens with one attached hydrogen (secondary N) is 1. The van der Waals surface area contributed by atoms with Gasteiger partial charge in [0.2, 0.25) is 0 Å². The highest BCUT2D eigenvalue weighted by Crippen LogP contribution is 2.37. The predicted octanol–water partition coefficient (Wildman–Crippen LogP) is 6.24. The van der Waals surface area contributed by atoms with Crippen LogP contribution in [-0.2, 0) is 6.18 Å². The van der Waals surface area contributed by atoms with Gasteiger partial charge in [-0.1, -0.05) is 11.6 Å². The summed E-state index contributed by atoms with van der Waals surface area (Å²) in [6, 6.07) is 10.4. The highest BCUT2D eigenvalue weighted by molar-refractivity contribution is 6.32. The number of carboxylic acids is 1. The quantitative estimate of drug-likeness (QED) is 0.448. The number of benzene rings is 3. The van der Waals surface area contributed by atoms with E-state index in [9.17, 15) is 27.2 Å². The molecule has 0 unspecified atom stereocenters. The molecule has 10 heteroatoms. The molecule has 0 radical (unpaired) electrons. The number of hydrogen-bond donors (Lipinski definition) is 2. The van der Waals surface area contributed by atoms with Gasteiger partial charge in [-0.25, -0.2) is 9.18 Å². The van der Waals surface area contributed by atoms with E-state index in [1.165, 1.54) is 24.3 Å². The number of alkyl halides is 3. The van der Waals surface area contributed by atoms with Crippen molar-refractivity contribution in [1.29, 1.82) is 0 Å². The number of ether oxygens (including phenoxy) is 1. The zero-order chi connectivity index (χ0) is 22.8. The molecule has 0 spiro atoms. The fraction of sp³-hybridized carbons (Fsp3) is 0.0476. The Hall–Kier alpha value is -3.59. The van der Waals surface area contributed by atoms with Gasteiger partial charge in [0.25, 0.3) is 5.91 Å². The number of carbonyl (C=O) groups excluding carboxylic acids is 1. The number of carboxylic acid groups (broad SMARTS) is 1. The Morgan fingerprint density at radius 1 is 0.935 bits per heavy atom. The van der Waals surface area contributed by atoms with Crippen LogP contribution in [0.4, 0.5) is 23.2 Å². The zero-order valence-corrected chi connectivity index (χ0v) is 16.1. The van der Waals surface area contributed by atoms with Gasteiger partial charge < -0.3 is 15.2 Å². The molecular weight excluding hydrogens is 442 g/mol. The fourth-order valence-electron chi connectivity index (χ4n) is 2.54. The molecule has 0 saturated heterocycles. The van der Waals surface area contributed by atoms with Gasteiger partial charge in [-0.05, 0) is 60.7 Å². The maximum Gasteiger partial charge on any atom is 0.416 e.